The molecule has 35 heavy (non-hydrogen) atoms. The summed E-state index contributed by atoms with van der Waals surface area (Å²) in [6.07, 6.45) is 2.55. The molecule has 0 aliphatic heterocycles. The van der Waals surface area contributed by atoms with Crippen LogP contribution in [0, 0.1) is 11.8 Å². The van der Waals surface area contributed by atoms with Crippen LogP contribution in [0.5, 0.6) is 0 Å². The lowest BCUT2D eigenvalue weighted by Crippen LogP contribution is -2.18. The van der Waals surface area contributed by atoms with Gasteiger partial charge >= 0.3 is 12.1 Å². The van der Waals surface area contributed by atoms with Crippen LogP contribution in [0.3, 0.4) is 0 Å². The third kappa shape index (κ3) is 4.26. The zero-order valence-corrected chi connectivity index (χ0v) is 19.9. The molecule has 1 amide bonds. The van der Waals surface area contributed by atoms with Gasteiger partial charge in [-0.25, -0.2) is 14.8 Å². The average molecular weight is 507 g/mol. The number of nitrogens with zero attached hydrogens (tertiary/aromatic N) is 3. The molecule has 2 fully saturated rings. The Labute approximate surface area is 207 Å². The SMILES string of the molecule is O=C(Nc1c(C2CC2)noc1C#Cc1nc2sc(C3(C(=O)O)CC3)nc2s1)OCc1ccccc1. The Morgan fingerprint density at radius 2 is 1.91 bits per heavy atom. The summed E-state index contributed by atoms with van der Waals surface area (Å²) in [5.41, 5.74) is 1.13. The lowest BCUT2D eigenvalue weighted by atomic mass is 10.1. The second kappa shape index (κ2) is 8.48. The number of carboxylic acids is 1. The number of ether oxygens (including phenoxy) is 1. The van der Waals surface area contributed by atoms with E-state index in [-0.39, 0.29) is 18.3 Å². The molecule has 0 spiro atoms. The fourth-order valence-electron chi connectivity index (χ4n) is 3.66. The maximum Gasteiger partial charge on any atom is 0.412 e. The van der Waals surface area contributed by atoms with Gasteiger partial charge in [0.25, 0.3) is 0 Å². The highest BCUT2D eigenvalue weighted by Gasteiger charge is 2.54. The number of carbonyl (C=O) groups excluding carboxylic acids is 1. The number of aromatic nitrogens is 3. The van der Waals surface area contributed by atoms with E-state index in [1.54, 1.807) is 0 Å². The van der Waals surface area contributed by atoms with Gasteiger partial charge in [0, 0.05) is 5.92 Å². The second-order valence-corrected chi connectivity index (χ2v) is 10.5. The summed E-state index contributed by atoms with van der Waals surface area (Å²) in [5.74, 6) is 5.51. The molecule has 0 saturated heterocycles. The van der Waals surface area contributed by atoms with Crippen LogP contribution in [0.4, 0.5) is 10.5 Å². The number of benzene rings is 1. The van der Waals surface area contributed by atoms with E-state index in [2.05, 4.69) is 32.3 Å². The minimum Gasteiger partial charge on any atom is -0.481 e. The molecule has 176 valence electrons. The molecule has 3 aromatic heterocycles. The Morgan fingerprint density at radius 1 is 1.14 bits per heavy atom. The van der Waals surface area contributed by atoms with E-state index in [1.165, 1.54) is 22.7 Å². The van der Waals surface area contributed by atoms with Gasteiger partial charge in [0.1, 0.15) is 28.4 Å². The summed E-state index contributed by atoms with van der Waals surface area (Å²) in [7, 11) is 0. The number of rotatable bonds is 6. The smallest absolute Gasteiger partial charge is 0.412 e. The zero-order valence-electron chi connectivity index (χ0n) is 18.2. The normalized spacial score (nSPS) is 15.9. The van der Waals surface area contributed by atoms with Crippen molar-refractivity contribution in [3.8, 4) is 11.8 Å². The van der Waals surface area contributed by atoms with Crippen LogP contribution in [0.2, 0.25) is 0 Å². The highest BCUT2D eigenvalue weighted by Crippen LogP contribution is 2.51. The number of fused-ring (bicyclic) bond motifs is 1. The Kier molecular flexibility index (Phi) is 5.27. The maximum atomic E-state index is 12.4. The predicted molar refractivity (Wildman–Crippen MR) is 129 cm³/mol. The fourth-order valence-corrected chi connectivity index (χ4v) is 5.79. The number of nitrogens with one attached hydrogen (secondary N) is 1. The van der Waals surface area contributed by atoms with E-state index in [4.69, 9.17) is 9.26 Å². The largest absolute Gasteiger partial charge is 0.481 e. The van der Waals surface area contributed by atoms with Crippen molar-refractivity contribution in [2.75, 3.05) is 5.32 Å². The van der Waals surface area contributed by atoms with Gasteiger partial charge in [0.2, 0.25) is 5.76 Å². The first-order valence-corrected chi connectivity index (χ1v) is 12.7. The molecule has 2 saturated carbocycles. The van der Waals surface area contributed by atoms with Crippen LogP contribution in [0.25, 0.3) is 9.66 Å². The molecule has 0 bridgehead atoms. The number of carboxylic acid groups (broad SMARTS) is 1. The maximum absolute atomic E-state index is 12.4. The van der Waals surface area contributed by atoms with Crippen LogP contribution in [-0.4, -0.2) is 32.3 Å². The van der Waals surface area contributed by atoms with Gasteiger partial charge in [-0.15, -0.1) is 0 Å². The number of thiazole rings is 2. The highest BCUT2D eigenvalue weighted by atomic mass is 32.1. The van der Waals surface area contributed by atoms with Crippen LogP contribution >= 0.6 is 22.7 Å². The first kappa shape index (κ1) is 21.8. The number of anilines is 1. The highest BCUT2D eigenvalue weighted by molar-refractivity contribution is 7.26. The van der Waals surface area contributed by atoms with E-state index in [1.807, 2.05) is 30.3 Å². The fraction of sp³-hybridized carbons (Fsp3) is 0.292. The zero-order chi connectivity index (χ0) is 24.0. The number of amides is 1. The van der Waals surface area contributed by atoms with Crippen LogP contribution in [0.15, 0.2) is 34.9 Å². The molecular weight excluding hydrogens is 488 g/mol. The van der Waals surface area contributed by atoms with Crippen molar-refractivity contribution in [1.82, 2.24) is 15.1 Å². The van der Waals surface area contributed by atoms with Gasteiger partial charge in [0.05, 0.1) is 0 Å². The quantitative estimate of drug-likeness (QED) is 0.354. The molecule has 0 radical (unpaired) electrons. The van der Waals surface area contributed by atoms with Gasteiger partial charge in [0.15, 0.2) is 14.7 Å². The van der Waals surface area contributed by atoms with E-state index >= 15 is 0 Å². The lowest BCUT2D eigenvalue weighted by molar-refractivity contribution is -0.140. The summed E-state index contributed by atoms with van der Waals surface area (Å²) in [5, 5.41) is 17.5. The third-order valence-corrected chi connectivity index (χ3v) is 8.10. The summed E-state index contributed by atoms with van der Waals surface area (Å²) in [6, 6.07) is 9.41. The Bertz CT molecular complexity index is 1470. The first-order valence-electron chi connectivity index (χ1n) is 11.0. The van der Waals surface area contributed by atoms with E-state index < -0.39 is 17.5 Å². The minimum atomic E-state index is -0.842. The average Bonchev–Trinajstić information content (AvgIpc) is 3.75. The van der Waals surface area contributed by atoms with Gasteiger partial charge in [-0.1, -0.05) is 58.2 Å². The molecule has 0 atom stereocenters. The molecule has 3 heterocycles. The van der Waals surface area contributed by atoms with Gasteiger partial charge in [-0.2, -0.15) is 0 Å². The number of aliphatic carboxylic acids is 1. The van der Waals surface area contributed by atoms with Crippen molar-refractivity contribution in [1.29, 1.82) is 0 Å². The number of hydrogen-bond donors (Lipinski definition) is 2. The molecule has 11 heteroatoms. The Balaban J connectivity index is 1.20. The van der Waals surface area contributed by atoms with Gasteiger partial charge in [-0.05, 0) is 43.1 Å². The monoisotopic (exact) mass is 506 g/mol. The van der Waals surface area contributed by atoms with Gasteiger partial charge < -0.3 is 14.4 Å². The van der Waals surface area contributed by atoms with Crippen molar-refractivity contribution in [2.45, 2.75) is 43.6 Å². The van der Waals surface area contributed by atoms with Crippen molar-refractivity contribution in [3.63, 3.8) is 0 Å². The first-order chi connectivity index (χ1) is 17.0. The topological polar surface area (TPSA) is 127 Å². The summed E-state index contributed by atoms with van der Waals surface area (Å²) < 4.78 is 10.8. The van der Waals surface area contributed by atoms with Crippen LogP contribution < -0.4 is 5.32 Å². The molecule has 2 N–H and O–H groups in total. The van der Waals surface area contributed by atoms with Gasteiger partial charge in [-0.3, -0.25) is 10.1 Å². The molecule has 1 aromatic carbocycles. The number of carbonyl (C=O) groups is 2. The molecule has 2 aliphatic rings. The minimum absolute atomic E-state index is 0.145. The number of hydrogen-bond acceptors (Lipinski definition) is 9. The summed E-state index contributed by atoms with van der Waals surface area (Å²) >= 11 is 2.59. The molecule has 4 aromatic rings. The Morgan fingerprint density at radius 3 is 2.60 bits per heavy atom. The standard InChI is InChI=1S/C24H18N4O5S2/c29-22(30)24(10-11-24)21-27-20-19(35-21)25-16(34-20)9-8-15-18(17(28-33-15)14-6-7-14)26-23(31)32-12-13-4-2-1-3-5-13/h1-5,14H,6-7,10-12H2,(H,26,31)(H,29,30). The molecule has 6 rings (SSSR count). The van der Waals surface area contributed by atoms with E-state index in [9.17, 15) is 14.7 Å². The Hall–Kier alpha value is -3.75. The molecule has 9 nitrogen and oxygen atoms in total. The van der Waals surface area contributed by atoms with E-state index in [0.717, 1.165) is 18.4 Å². The van der Waals surface area contributed by atoms with Crippen molar-refractivity contribution < 1.29 is 24.0 Å². The third-order valence-electron chi connectivity index (χ3n) is 5.95. The van der Waals surface area contributed by atoms with Crippen LogP contribution in [-0.2, 0) is 21.6 Å². The van der Waals surface area contributed by atoms with Crippen molar-refractivity contribution in [2.24, 2.45) is 0 Å². The molecule has 0 unspecified atom stereocenters. The lowest BCUT2D eigenvalue weighted by Gasteiger charge is -2.06. The molecule has 2 aliphatic carbocycles. The van der Waals surface area contributed by atoms with Crippen molar-refractivity contribution >= 4 is 50.1 Å². The van der Waals surface area contributed by atoms with Crippen LogP contribution in [0.1, 0.15) is 58.6 Å². The second-order valence-electron chi connectivity index (χ2n) is 8.52. The van der Waals surface area contributed by atoms with E-state index in [0.29, 0.717) is 43.9 Å². The summed E-state index contributed by atoms with van der Waals surface area (Å²) in [4.78, 5) is 34.3. The van der Waals surface area contributed by atoms with Crippen molar-refractivity contribution in [3.05, 3.63) is 57.4 Å². The summed E-state index contributed by atoms with van der Waals surface area (Å²) in [6.45, 7) is 0.145. The molecular formula is C24H18N4O5S2. The predicted octanol–water partition coefficient (Wildman–Crippen LogP) is 4.88.